The second-order valence-corrected chi connectivity index (χ2v) is 12.5. The summed E-state index contributed by atoms with van der Waals surface area (Å²) >= 11 is 0. The molecule has 208 valence electrons. The van der Waals surface area contributed by atoms with Crippen molar-refractivity contribution in [3.63, 3.8) is 0 Å². The van der Waals surface area contributed by atoms with E-state index in [9.17, 15) is 0 Å². The standard InChI is InChI=1S/C43H26N2/c1-2-13-28(14-3-1)44-36-22-7-5-16-33(36)41-37(44)23-24-38-42(41)34-20-10-19-32-31-18-9-12-27-25-26-11-8-17-30(39(26)40(27)31)29-15-4-6-21-35(29)45(38)43(32)34/h1-24H,25H2. The molecule has 0 unspecified atom stereocenters. The second-order valence-electron chi connectivity index (χ2n) is 12.5. The van der Waals surface area contributed by atoms with E-state index in [1.54, 1.807) is 0 Å². The highest BCUT2D eigenvalue weighted by Crippen LogP contribution is 2.46. The van der Waals surface area contributed by atoms with Crippen LogP contribution in [0.4, 0.5) is 0 Å². The van der Waals surface area contributed by atoms with E-state index in [-0.39, 0.29) is 0 Å². The Labute approximate surface area is 258 Å². The van der Waals surface area contributed by atoms with Crippen molar-refractivity contribution < 1.29 is 0 Å². The normalized spacial score (nSPS) is 12.8. The minimum Gasteiger partial charge on any atom is -0.309 e. The van der Waals surface area contributed by atoms with Gasteiger partial charge in [-0.2, -0.15) is 0 Å². The lowest BCUT2D eigenvalue weighted by atomic mass is 10.00. The lowest BCUT2D eigenvalue weighted by Gasteiger charge is -2.08. The molecule has 10 aromatic rings. The summed E-state index contributed by atoms with van der Waals surface area (Å²) < 4.78 is 4.99. The molecule has 0 amide bonds. The summed E-state index contributed by atoms with van der Waals surface area (Å²) in [5.41, 5.74) is 10.2. The summed E-state index contributed by atoms with van der Waals surface area (Å²) in [5, 5.41) is 13.2. The molecule has 0 aliphatic heterocycles. The largest absolute Gasteiger partial charge is 0.309 e. The Kier molecular flexibility index (Phi) is 4.40. The maximum Gasteiger partial charge on any atom is 0.0620 e. The molecular weight excluding hydrogens is 544 g/mol. The van der Waals surface area contributed by atoms with Crippen LogP contribution in [0.15, 0.2) is 146 Å². The summed E-state index contributed by atoms with van der Waals surface area (Å²) in [5.74, 6) is 0. The van der Waals surface area contributed by atoms with Gasteiger partial charge in [-0.25, -0.2) is 0 Å². The molecule has 7 aromatic carbocycles. The van der Waals surface area contributed by atoms with Crippen LogP contribution in [0.3, 0.4) is 0 Å². The van der Waals surface area contributed by atoms with Crippen molar-refractivity contribution in [2.75, 3.05) is 0 Å². The first-order valence-electron chi connectivity index (χ1n) is 15.8. The lowest BCUT2D eigenvalue weighted by Crippen LogP contribution is -1.92. The smallest absolute Gasteiger partial charge is 0.0620 e. The van der Waals surface area contributed by atoms with E-state index < -0.39 is 0 Å². The Balaban J connectivity index is 1.50. The number of hydrogen-bond donors (Lipinski definition) is 0. The average Bonchev–Trinajstić information content (AvgIpc) is 3.76. The van der Waals surface area contributed by atoms with Crippen LogP contribution in [0.5, 0.6) is 0 Å². The first kappa shape index (κ1) is 23.6. The maximum atomic E-state index is 2.56. The molecule has 11 rings (SSSR count). The second kappa shape index (κ2) is 8.40. The average molecular weight is 571 g/mol. The third-order valence-electron chi connectivity index (χ3n) is 10.3. The monoisotopic (exact) mass is 570 g/mol. The number of nitrogens with zero attached hydrogens (tertiary/aromatic N) is 2. The van der Waals surface area contributed by atoms with E-state index in [4.69, 9.17) is 0 Å². The van der Waals surface area contributed by atoms with Crippen LogP contribution in [0.25, 0.3) is 87.1 Å². The number of hydrogen-bond acceptors (Lipinski definition) is 0. The molecule has 0 atom stereocenters. The number of para-hydroxylation sites is 4. The van der Waals surface area contributed by atoms with Crippen molar-refractivity contribution in [1.29, 1.82) is 0 Å². The quantitative estimate of drug-likeness (QED) is 0.186. The van der Waals surface area contributed by atoms with Crippen molar-refractivity contribution in [1.82, 2.24) is 8.97 Å². The number of rotatable bonds is 1. The van der Waals surface area contributed by atoms with Crippen LogP contribution in [-0.4, -0.2) is 8.97 Å². The Morgan fingerprint density at radius 1 is 0.333 bits per heavy atom. The van der Waals surface area contributed by atoms with Gasteiger partial charge in [0.15, 0.2) is 0 Å². The van der Waals surface area contributed by atoms with Crippen molar-refractivity contribution >= 4 is 81.4 Å². The number of benzene rings is 7. The van der Waals surface area contributed by atoms with Crippen molar-refractivity contribution in [2.45, 2.75) is 6.42 Å². The summed E-state index contributed by atoms with van der Waals surface area (Å²) in [7, 11) is 0. The molecule has 3 aromatic heterocycles. The Morgan fingerprint density at radius 2 is 0.889 bits per heavy atom. The van der Waals surface area contributed by atoms with Gasteiger partial charge in [0.1, 0.15) is 0 Å². The fraction of sp³-hybridized carbons (Fsp3) is 0.0233. The molecular formula is C43H26N2. The molecule has 0 spiro atoms. The predicted molar refractivity (Wildman–Crippen MR) is 191 cm³/mol. The molecule has 2 nitrogen and oxygen atoms in total. The fourth-order valence-corrected chi connectivity index (χ4v) is 8.57. The third kappa shape index (κ3) is 2.90. The van der Waals surface area contributed by atoms with Crippen molar-refractivity contribution in [3.8, 4) is 5.69 Å². The molecule has 0 fully saturated rings. The molecule has 1 aliphatic carbocycles. The molecule has 0 saturated heterocycles. The first-order valence-corrected chi connectivity index (χ1v) is 15.8. The highest BCUT2D eigenvalue weighted by Gasteiger charge is 2.23. The molecule has 0 N–H and O–H groups in total. The summed E-state index contributed by atoms with van der Waals surface area (Å²) in [6.45, 7) is 0. The van der Waals surface area contributed by atoms with Gasteiger partial charge in [-0.15, -0.1) is 0 Å². The van der Waals surface area contributed by atoms with E-state index in [0.29, 0.717) is 0 Å². The molecule has 45 heavy (non-hydrogen) atoms. The van der Waals surface area contributed by atoms with Crippen molar-refractivity contribution in [3.05, 3.63) is 157 Å². The van der Waals surface area contributed by atoms with Crippen LogP contribution >= 0.6 is 0 Å². The van der Waals surface area contributed by atoms with Gasteiger partial charge < -0.3 is 8.97 Å². The van der Waals surface area contributed by atoms with Gasteiger partial charge in [0, 0.05) is 38.0 Å². The van der Waals surface area contributed by atoms with Gasteiger partial charge in [0.2, 0.25) is 0 Å². The van der Waals surface area contributed by atoms with E-state index in [1.807, 2.05) is 0 Å². The van der Waals surface area contributed by atoms with Crippen LogP contribution in [0.2, 0.25) is 0 Å². The summed E-state index contributed by atoms with van der Waals surface area (Å²) in [6, 6.07) is 54.1. The molecule has 3 heterocycles. The minimum atomic E-state index is 0.979. The van der Waals surface area contributed by atoms with Crippen LogP contribution in [-0.2, 0) is 6.42 Å². The zero-order chi connectivity index (χ0) is 29.2. The van der Waals surface area contributed by atoms with Crippen LogP contribution < -0.4 is 0 Å². The maximum absolute atomic E-state index is 2.56. The highest BCUT2D eigenvalue weighted by molar-refractivity contribution is 6.33. The van der Waals surface area contributed by atoms with E-state index in [0.717, 1.165) is 6.42 Å². The molecule has 0 bridgehead atoms. The van der Waals surface area contributed by atoms with Gasteiger partial charge in [-0.3, -0.25) is 0 Å². The van der Waals surface area contributed by atoms with Crippen LogP contribution in [0.1, 0.15) is 11.1 Å². The highest BCUT2D eigenvalue weighted by atomic mass is 15.0. The van der Waals surface area contributed by atoms with E-state index >= 15 is 0 Å². The minimum absolute atomic E-state index is 0.979. The van der Waals surface area contributed by atoms with Crippen LogP contribution in [0, 0.1) is 0 Å². The summed E-state index contributed by atoms with van der Waals surface area (Å²) in [4.78, 5) is 0. The molecule has 0 saturated carbocycles. The lowest BCUT2D eigenvalue weighted by molar-refractivity contribution is 1.18. The van der Waals surface area contributed by atoms with Gasteiger partial charge in [0.05, 0.1) is 27.6 Å². The SMILES string of the molecule is c1ccc(-n2c3ccccc3c3c4c5cccc6c7cccc8c7c7c(cccc7c7ccccc7n(c4ccc32)c65)C8)cc1. The zero-order valence-electron chi connectivity index (χ0n) is 24.5. The number of fused-ring (bicyclic) bond motifs is 11. The molecule has 2 heteroatoms. The fourth-order valence-electron chi connectivity index (χ4n) is 8.57. The topological polar surface area (TPSA) is 9.34 Å². The van der Waals surface area contributed by atoms with E-state index in [2.05, 4.69) is 155 Å². The number of aromatic nitrogens is 2. The predicted octanol–water partition coefficient (Wildman–Crippen LogP) is 11.3. The van der Waals surface area contributed by atoms with Gasteiger partial charge in [-0.1, -0.05) is 109 Å². The van der Waals surface area contributed by atoms with Crippen molar-refractivity contribution in [2.24, 2.45) is 0 Å². The third-order valence-corrected chi connectivity index (χ3v) is 10.3. The molecule has 1 aliphatic rings. The Bertz CT molecular complexity index is 2940. The van der Waals surface area contributed by atoms with Gasteiger partial charge in [0.25, 0.3) is 0 Å². The first-order chi connectivity index (χ1) is 22.4. The Hall–Kier alpha value is -5.86. The van der Waals surface area contributed by atoms with Gasteiger partial charge >= 0.3 is 0 Å². The van der Waals surface area contributed by atoms with Gasteiger partial charge in [-0.05, 0) is 75.5 Å². The van der Waals surface area contributed by atoms with E-state index in [1.165, 1.54) is 98.3 Å². The molecule has 0 radical (unpaired) electrons. The summed E-state index contributed by atoms with van der Waals surface area (Å²) in [6.07, 6.45) is 0.979. The Morgan fingerprint density at radius 3 is 1.69 bits per heavy atom. The zero-order valence-corrected chi connectivity index (χ0v) is 24.5.